The molecule has 2 heteroatoms. The first-order valence-corrected chi connectivity index (χ1v) is 6.30. The summed E-state index contributed by atoms with van der Waals surface area (Å²) in [6.45, 7) is 7.89. The summed E-state index contributed by atoms with van der Waals surface area (Å²) in [5, 5.41) is 3.57. The molecule has 1 atom stereocenters. The Morgan fingerprint density at radius 1 is 1.12 bits per heavy atom. The minimum Gasteiger partial charge on any atom is -0.314 e. The molecule has 0 spiro atoms. The van der Waals surface area contributed by atoms with E-state index in [0.29, 0.717) is 6.04 Å². The van der Waals surface area contributed by atoms with Gasteiger partial charge in [0.2, 0.25) is 0 Å². The fourth-order valence-electron chi connectivity index (χ4n) is 1.70. The molecule has 1 N–H and O–H groups in total. The molecule has 0 aliphatic heterocycles. The molecule has 0 amide bonds. The lowest BCUT2D eigenvalue weighted by Gasteiger charge is -2.14. The van der Waals surface area contributed by atoms with Crippen LogP contribution in [0, 0.1) is 5.92 Å². The van der Waals surface area contributed by atoms with Gasteiger partial charge in [0, 0.05) is 18.4 Å². The molecule has 0 bridgehead atoms. The van der Waals surface area contributed by atoms with E-state index in [9.17, 15) is 0 Å². The summed E-state index contributed by atoms with van der Waals surface area (Å²) in [6, 6.07) is 4.80. The normalized spacial score (nSPS) is 13.0. The van der Waals surface area contributed by atoms with Gasteiger partial charge in [-0.15, -0.1) is 0 Å². The third-order valence-corrected chi connectivity index (χ3v) is 2.83. The van der Waals surface area contributed by atoms with E-state index in [-0.39, 0.29) is 0 Å². The van der Waals surface area contributed by atoms with Gasteiger partial charge in [-0.3, -0.25) is 4.98 Å². The molecule has 1 rings (SSSR count). The maximum atomic E-state index is 4.02. The van der Waals surface area contributed by atoms with Crippen molar-refractivity contribution in [1.29, 1.82) is 0 Å². The van der Waals surface area contributed by atoms with Crippen LogP contribution in [0.1, 0.15) is 39.2 Å². The average Bonchev–Trinajstić information content (AvgIpc) is 2.28. The van der Waals surface area contributed by atoms with Gasteiger partial charge in [-0.25, -0.2) is 0 Å². The molecule has 0 saturated carbocycles. The summed E-state index contributed by atoms with van der Waals surface area (Å²) in [5.41, 5.74) is 1.36. The second-order valence-electron chi connectivity index (χ2n) is 4.93. The lowest BCUT2D eigenvalue weighted by atomic mass is 10.0. The maximum absolute atomic E-state index is 4.02. The highest BCUT2D eigenvalue weighted by Crippen LogP contribution is 2.06. The number of pyridine rings is 1. The highest BCUT2D eigenvalue weighted by Gasteiger charge is 2.02. The molecule has 90 valence electrons. The molecule has 0 aromatic carbocycles. The Balaban J connectivity index is 2.11. The number of hydrogen-bond donors (Lipinski definition) is 1. The molecule has 0 saturated heterocycles. The van der Waals surface area contributed by atoms with Crippen molar-refractivity contribution >= 4 is 0 Å². The fraction of sp³-hybridized carbons (Fsp3) is 0.643. The summed E-state index contributed by atoms with van der Waals surface area (Å²) in [6.07, 6.45) is 7.39. The van der Waals surface area contributed by atoms with Crippen molar-refractivity contribution in [2.24, 2.45) is 5.92 Å². The van der Waals surface area contributed by atoms with Crippen LogP contribution < -0.4 is 5.32 Å². The third-order valence-electron chi connectivity index (χ3n) is 2.83. The first-order chi connectivity index (χ1) is 7.68. The van der Waals surface area contributed by atoms with Crippen molar-refractivity contribution in [2.45, 2.75) is 46.1 Å². The topological polar surface area (TPSA) is 24.9 Å². The van der Waals surface area contributed by atoms with Gasteiger partial charge in [-0.05, 0) is 56.3 Å². The van der Waals surface area contributed by atoms with E-state index < -0.39 is 0 Å². The number of nitrogens with one attached hydrogen (secondary N) is 1. The van der Waals surface area contributed by atoms with E-state index in [1.165, 1.54) is 18.4 Å². The van der Waals surface area contributed by atoms with Gasteiger partial charge in [0.05, 0.1) is 0 Å². The Labute approximate surface area is 99.5 Å². The lowest BCUT2D eigenvalue weighted by molar-refractivity contribution is 0.453. The SMILES string of the molecule is CC(C)CCC(C)NCCc1ccncc1. The van der Waals surface area contributed by atoms with Crippen LogP contribution in [0.5, 0.6) is 0 Å². The summed E-state index contributed by atoms with van der Waals surface area (Å²) in [5.74, 6) is 0.810. The van der Waals surface area contributed by atoms with Gasteiger partial charge in [0.25, 0.3) is 0 Å². The van der Waals surface area contributed by atoms with E-state index in [4.69, 9.17) is 0 Å². The number of nitrogens with zero attached hydrogens (tertiary/aromatic N) is 1. The Hall–Kier alpha value is -0.890. The largest absolute Gasteiger partial charge is 0.314 e. The Bertz CT molecular complexity index is 269. The van der Waals surface area contributed by atoms with Crippen LogP contribution in [0.3, 0.4) is 0 Å². The van der Waals surface area contributed by atoms with Crippen LogP contribution in [-0.2, 0) is 6.42 Å². The number of aromatic nitrogens is 1. The Kier molecular flexibility index (Phi) is 6.09. The van der Waals surface area contributed by atoms with Crippen molar-refractivity contribution in [3.05, 3.63) is 30.1 Å². The number of hydrogen-bond acceptors (Lipinski definition) is 2. The van der Waals surface area contributed by atoms with E-state index in [1.54, 1.807) is 0 Å². The molecule has 16 heavy (non-hydrogen) atoms. The van der Waals surface area contributed by atoms with Crippen molar-refractivity contribution in [3.8, 4) is 0 Å². The van der Waals surface area contributed by atoms with Gasteiger partial charge in [0.15, 0.2) is 0 Å². The van der Waals surface area contributed by atoms with Gasteiger partial charge in [0.1, 0.15) is 0 Å². The van der Waals surface area contributed by atoms with Gasteiger partial charge in [-0.2, -0.15) is 0 Å². The average molecular weight is 220 g/mol. The maximum Gasteiger partial charge on any atom is 0.0270 e. The van der Waals surface area contributed by atoms with Crippen LogP contribution in [0.2, 0.25) is 0 Å². The van der Waals surface area contributed by atoms with Crippen LogP contribution in [0.4, 0.5) is 0 Å². The fourth-order valence-corrected chi connectivity index (χ4v) is 1.70. The van der Waals surface area contributed by atoms with E-state index in [2.05, 4.69) is 43.2 Å². The molecule has 0 aliphatic rings. The second kappa shape index (κ2) is 7.39. The number of rotatable bonds is 7. The van der Waals surface area contributed by atoms with Gasteiger partial charge >= 0.3 is 0 Å². The van der Waals surface area contributed by atoms with E-state index in [1.807, 2.05) is 12.4 Å². The quantitative estimate of drug-likeness (QED) is 0.764. The van der Waals surface area contributed by atoms with Crippen molar-refractivity contribution in [2.75, 3.05) is 6.54 Å². The first-order valence-electron chi connectivity index (χ1n) is 6.30. The monoisotopic (exact) mass is 220 g/mol. The molecule has 0 aliphatic carbocycles. The Morgan fingerprint density at radius 2 is 1.81 bits per heavy atom. The minimum atomic E-state index is 0.629. The predicted octanol–water partition coefficient (Wildman–Crippen LogP) is 3.04. The highest BCUT2D eigenvalue weighted by molar-refractivity contribution is 5.09. The summed E-state index contributed by atoms with van der Waals surface area (Å²) in [7, 11) is 0. The summed E-state index contributed by atoms with van der Waals surface area (Å²) in [4.78, 5) is 4.02. The standard InChI is InChI=1S/C14H24N2/c1-12(2)4-5-13(3)16-11-8-14-6-9-15-10-7-14/h6-7,9-10,12-13,16H,4-5,8,11H2,1-3H3. The van der Waals surface area contributed by atoms with Crippen molar-refractivity contribution < 1.29 is 0 Å². The molecular weight excluding hydrogens is 196 g/mol. The van der Waals surface area contributed by atoms with Gasteiger partial charge in [-0.1, -0.05) is 13.8 Å². The molecule has 1 heterocycles. The molecular formula is C14H24N2. The van der Waals surface area contributed by atoms with Crippen LogP contribution in [0.25, 0.3) is 0 Å². The molecule has 0 radical (unpaired) electrons. The first kappa shape index (κ1) is 13.2. The Morgan fingerprint density at radius 3 is 2.44 bits per heavy atom. The predicted molar refractivity (Wildman–Crippen MR) is 69.5 cm³/mol. The molecule has 0 fully saturated rings. The zero-order valence-electron chi connectivity index (χ0n) is 10.7. The molecule has 2 nitrogen and oxygen atoms in total. The van der Waals surface area contributed by atoms with Crippen LogP contribution in [0.15, 0.2) is 24.5 Å². The van der Waals surface area contributed by atoms with Crippen molar-refractivity contribution in [1.82, 2.24) is 10.3 Å². The van der Waals surface area contributed by atoms with E-state index >= 15 is 0 Å². The zero-order chi connectivity index (χ0) is 11.8. The van der Waals surface area contributed by atoms with Crippen molar-refractivity contribution in [3.63, 3.8) is 0 Å². The molecule has 1 unspecified atom stereocenters. The van der Waals surface area contributed by atoms with E-state index in [0.717, 1.165) is 18.9 Å². The molecule has 1 aromatic heterocycles. The van der Waals surface area contributed by atoms with Crippen LogP contribution >= 0.6 is 0 Å². The lowest BCUT2D eigenvalue weighted by Crippen LogP contribution is -2.28. The minimum absolute atomic E-state index is 0.629. The smallest absolute Gasteiger partial charge is 0.0270 e. The second-order valence-corrected chi connectivity index (χ2v) is 4.93. The highest BCUT2D eigenvalue weighted by atomic mass is 14.9. The summed E-state index contributed by atoms with van der Waals surface area (Å²) < 4.78 is 0. The summed E-state index contributed by atoms with van der Waals surface area (Å²) >= 11 is 0. The zero-order valence-corrected chi connectivity index (χ0v) is 10.7. The van der Waals surface area contributed by atoms with Gasteiger partial charge < -0.3 is 5.32 Å². The molecule has 1 aromatic rings. The third kappa shape index (κ3) is 5.86. The van der Waals surface area contributed by atoms with Crippen LogP contribution in [-0.4, -0.2) is 17.6 Å².